The van der Waals surface area contributed by atoms with E-state index in [1.807, 2.05) is 6.20 Å². The Labute approximate surface area is 99.5 Å². The van der Waals surface area contributed by atoms with Crippen LogP contribution in [0.4, 0.5) is 10.2 Å². The van der Waals surface area contributed by atoms with Crippen LogP contribution in [0.1, 0.15) is 19.0 Å². The minimum Gasteiger partial charge on any atom is -0.364 e. The van der Waals surface area contributed by atoms with Crippen molar-refractivity contribution in [3.8, 4) is 0 Å². The molecule has 0 saturated carbocycles. The molecule has 2 aromatic rings. The lowest BCUT2D eigenvalue weighted by molar-refractivity contribution is 0.584. The van der Waals surface area contributed by atoms with Crippen molar-refractivity contribution in [2.75, 3.05) is 5.32 Å². The number of aryl methyl sites for hydroxylation is 1. The third kappa shape index (κ3) is 3.03. The van der Waals surface area contributed by atoms with E-state index in [0.717, 1.165) is 18.7 Å². The number of anilines is 1. The number of nitrogens with zero attached hydrogens (tertiary/aromatic N) is 3. The van der Waals surface area contributed by atoms with Gasteiger partial charge in [0.1, 0.15) is 5.82 Å². The number of nitrogens with one attached hydrogen (secondary N) is 1. The van der Waals surface area contributed by atoms with Crippen LogP contribution in [0.5, 0.6) is 0 Å². The molecule has 0 atom stereocenters. The molecule has 0 aliphatic rings. The molecule has 17 heavy (non-hydrogen) atoms. The predicted molar refractivity (Wildman–Crippen MR) is 64.0 cm³/mol. The van der Waals surface area contributed by atoms with Crippen LogP contribution in [0.25, 0.3) is 0 Å². The number of rotatable bonds is 5. The number of hydrogen-bond donors (Lipinski definition) is 1. The summed E-state index contributed by atoms with van der Waals surface area (Å²) < 4.78 is 14.9. The first-order chi connectivity index (χ1) is 8.29. The van der Waals surface area contributed by atoms with Gasteiger partial charge < -0.3 is 9.88 Å². The SMILES string of the molecule is CCCn1cncc1CNc1cccc(F)n1. The molecule has 0 aliphatic carbocycles. The second kappa shape index (κ2) is 5.43. The fraction of sp³-hybridized carbons (Fsp3) is 0.333. The Morgan fingerprint density at radius 2 is 2.29 bits per heavy atom. The highest BCUT2D eigenvalue weighted by Gasteiger charge is 2.02. The molecule has 0 bridgehead atoms. The predicted octanol–water partition coefficient (Wildman–Crippen LogP) is 2.44. The monoisotopic (exact) mass is 234 g/mol. The van der Waals surface area contributed by atoms with E-state index in [4.69, 9.17) is 0 Å². The van der Waals surface area contributed by atoms with Gasteiger partial charge in [0.05, 0.1) is 18.6 Å². The van der Waals surface area contributed by atoms with Crippen molar-refractivity contribution in [2.45, 2.75) is 26.4 Å². The maximum Gasteiger partial charge on any atom is 0.214 e. The third-order valence-electron chi connectivity index (χ3n) is 2.43. The first kappa shape index (κ1) is 11.6. The molecule has 0 aliphatic heterocycles. The molecule has 2 heterocycles. The van der Waals surface area contributed by atoms with Gasteiger partial charge in [-0.3, -0.25) is 0 Å². The zero-order valence-corrected chi connectivity index (χ0v) is 9.73. The van der Waals surface area contributed by atoms with Gasteiger partial charge in [0, 0.05) is 12.7 Å². The Morgan fingerprint density at radius 1 is 1.41 bits per heavy atom. The van der Waals surface area contributed by atoms with Gasteiger partial charge in [-0.25, -0.2) is 9.97 Å². The standard InChI is InChI=1S/C12H15FN4/c1-2-6-17-9-14-7-10(17)8-15-12-5-3-4-11(13)16-12/h3-5,7,9H,2,6,8H2,1H3,(H,15,16). The molecule has 0 fully saturated rings. The van der Waals surface area contributed by atoms with Gasteiger partial charge in [-0.15, -0.1) is 0 Å². The van der Waals surface area contributed by atoms with E-state index in [0.29, 0.717) is 12.4 Å². The van der Waals surface area contributed by atoms with Crippen LogP contribution in [0.15, 0.2) is 30.7 Å². The Kier molecular flexibility index (Phi) is 3.69. The minimum absolute atomic E-state index is 0.475. The van der Waals surface area contributed by atoms with Crippen LogP contribution in [-0.2, 0) is 13.1 Å². The highest BCUT2D eigenvalue weighted by molar-refractivity contribution is 5.33. The fourth-order valence-electron chi connectivity index (χ4n) is 1.63. The normalized spacial score (nSPS) is 10.5. The zero-order chi connectivity index (χ0) is 12.1. The van der Waals surface area contributed by atoms with E-state index in [1.165, 1.54) is 6.07 Å². The number of aromatic nitrogens is 3. The first-order valence-corrected chi connectivity index (χ1v) is 5.65. The molecule has 90 valence electrons. The van der Waals surface area contributed by atoms with E-state index >= 15 is 0 Å². The lowest BCUT2D eigenvalue weighted by Crippen LogP contribution is -2.08. The molecule has 5 heteroatoms. The first-order valence-electron chi connectivity index (χ1n) is 5.65. The van der Waals surface area contributed by atoms with Crippen molar-refractivity contribution in [1.29, 1.82) is 0 Å². The maximum absolute atomic E-state index is 12.9. The van der Waals surface area contributed by atoms with Crippen LogP contribution < -0.4 is 5.32 Å². The average Bonchev–Trinajstić information content (AvgIpc) is 2.75. The van der Waals surface area contributed by atoms with Gasteiger partial charge in [-0.05, 0) is 18.6 Å². The second-order valence-electron chi connectivity index (χ2n) is 3.78. The zero-order valence-electron chi connectivity index (χ0n) is 9.73. The van der Waals surface area contributed by atoms with Crippen molar-refractivity contribution < 1.29 is 4.39 Å². The van der Waals surface area contributed by atoms with Crippen LogP contribution in [0.2, 0.25) is 0 Å². The van der Waals surface area contributed by atoms with Gasteiger partial charge in [0.25, 0.3) is 0 Å². The van der Waals surface area contributed by atoms with Crippen molar-refractivity contribution in [1.82, 2.24) is 14.5 Å². The van der Waals surface area contributed by atoms with E-state index in [9.17, 15) is 4.39 Å². The van der Waals surface area contributed by atoms with Crippen LogP contribution >= 0.6 is 0 Å². The highest BCUT2D eigenvalue weighted by Crippen LogP contribution is 2.07. The topological polar surface area (TPSA) is 42.7 Å². The summed E-state index contributed by atoms with van der Waals surface area (Å²) in [5.74, 6) is 0.0614. The highest BCUT2D eigenvalue weighted by atomic mass is 19.1. The number of hydrogen-bond acceptors (Lipinski definition) is 3. The fourth-order valence-corrected chi connectivity index (χ4v) is 1.63. The summed E-state index contributed by atoms with van der Waals surface area (Å²) in [6, 6.07) is 4.70. The molecule has 0 amide bonds. The van der Waals surface area contributed by atoms with E-state index in [2.05, 4.69) is 26.8 Å². The minimum atomic E-state index is -0.475. The van der Waals surface area contributed by atoms with E-state index in [-0.39, 0.29) is 0 Å². The summed E-state index contributed by atoms with van der Waals surface area (Å²) in [5, 5.41) is 3.07. The number of imidazole rings is 1. The Bertz CT molecular complexity index is 481. The molecule has 4 nitrogen and oxygen atoms in total. The summed E-state index contributed by atoms with van der Waals surface area (Å²) in [7, 11) is 0. The summed E-state index contributed by atoms with van der Waals surface area (Å²) in [4.78, 5) is 7.84. The molecular weight excluding hydrogens is 219 g/mol. The molecule has 2 aromatic heterocycles. The van der Waals surface area contributed by atoms with Crippen molar-refractivity contribution >= 4 is 5.82 Å². The quantitative estimate of drug-likeness (QED) is 0.808. The molecule has 0 aromatic carbocycles. The molecular formula is C12H15FN4. The number of pyridine rings is 1. The van der Waals surface area contributed by atoms with Gasteiger partial charge in [0.2, 0.25) is 5.95 Å². The van der Waals surface area contributed by atoms with Gasteiger partial charge in [-0.1, -0.05) is 13.0 Å². The molecule has 2 rings (SSSR count). The van der Waals surface area contributed by atoms with Crippen LogP contribution in [0.3, 0.4) is 0 Å². The summed E-state index contributed by atoms with van der Waals surface area (Å²) >= 11 is 0. The van der Waals surface area contributed by atoms with Crippen LogP contribution in [-0.4, -0.2) is 14.5 Å². The molecule has 0 saturated heterocycles. The smallest absolute Gasteiger partial charge is 0.214 e. The lowest BCUT2D eigenvalue weighted by atomic mass is 10.4. The summed E-state index contributed by atoms with van der Waals surface area (Å²) in [6.45, 7) is 3.65. The number of halogens is 1. The molecule has 1 N–H and O–H groups in total. The molecule has 0 spiro atoms. The van der Waals surface area contributed by atoms with Crippen molar-refractivity contribution in [2.24, 2.45) is 0 Å². The average molecular weight is 234 g/mol. The van der Waals surface area contributed by atoms with Gasteiger partial charge in [0.15, 0.2) is 0 Å². The third-order valence-corrected chi connectivity index (χ3v) is 2.43. The second-order valence-corrected chi connectivity index (χ2v) is 3.78. The maximum atomic E-state index is 12.9. The van der Waals surface area contributed by atoms with Crippen LogP contribution in [0, 0.1) is 5.95 Å². The largest absolute Gasteiger partial charge is 0.364 e. The van der Waals surface area contributed by atoms with E-state index in [1.54, 1.807) is 18.5 Å². The lowest BCUT2D eigenvalue weighted by Gasteiger charge is -2.08. The molecule has 0 radical (unpaired) electrons. The Hall–Kier alpha value is -1.91. The van der Waals surface area contributed by atoms with Crippen molar-refractivity contribution in [3.05, 3.63) is 42.4 Å². The van der Waals surface area contributed by atoms with E-state index < -0.39 is 5.95 Å². The summed E-state index contributed by atoms with van der Waals surface area (Å²) in [5.41, 5.74) is 1.07. The Morgan fingerprint density at radius 3 is 3.06 bits per heavy atom. The van der Waals surface area contributed by atoms with Gasteiger partial charge >= 0.3 is 0 Å². The summed E-state index contributed by atoms with van der Waals surface area (Å²) in [6.07, 6.45) is 4.67. The molecule has 0 unspecified atom stereocenters. The Balaban J connectivity index is 1.99. The van der Waals surface area contributed by atoms with Gasteiger partial charge in [-0.2, -0.15) is 4.39 Å². The van der Waals surface area contributed by atoms with Crippen molar-refractivity contribution in [3.63, 3.8) is 0 Å².